The number of hydrogen-bond donors (Lipinski definition) is 2. The van der Waals surface area contributed by atoms with E-state index in [1.54, 1.807) is 6.20 Å². The molecule has 1 heterocycles. The molecule has 96 valence electrons. The van der Waals surface area contributed by atoms with E-state index in [0.29, 0.717) is 12.0 Å². The van der Waals surface area contributed by atoms with Crippen LogP contribution in [-0.2, 0) is 0 Å². The van der Waals surface area contributed by atoms with Gasteiger partial charge in [-0.05, 0) is 34.0 Å². The predicted octanol–water partition coefficient (Wildman–Crippen LogP) is 0.539. The number of nitrogens with two attached hydrogens (primary N) is 1. The molecular weight excluding hydrogens is 216 g/mol. The second kappa shape index (κ2) is 6.36. The highest BCUT2D eigenvalue weighted by atomic mass is 15.3. The number of nitrogen functional groups attached to an aromatic ring is 1. The molecule has 0 bridgehead atoms. The first-order chi connectivity index (χ1) is 8.08. The van der Waals surface area contributed by atoms with E-state index in [1.165, 1.54) is 0 Å². The second-order valence-corrected chi connectivity index (χ2v) is 4.28. The molecule has 17 heavy (non-hydrogen) atoms. The summed E-state index contributed by atoms with van der Waals surface area (Å²) in [4.78, 5) is 12.7. The minimum Gasteiger partial charge on any atom is -0.353 e. The van der Waals surface area contributed by atoms with E-state index < -0.39 is 0 Å². The topological polar surface area (TPSA) is 70.3 Å². The number of rotatable bonds is 6. The molecule has 0 radical (unpaired) electrons. The van der Waals surface area contributed by atoms with Crippen molar-refractivity contribution in [1.29, 1.82) is 0 Å². The maximum absolute atomic E-state index is 5.32. The first-order valence-corrected chi connectivity index (χ1v) is 5.79. The van der Waals surface area contributed by atoms with Gasteiger partial charge in [0.1, 0.15) is 5.82 Å². The van der Waals surface area contributed by atoms with Crippen LogP contribution in [0.25, 0.3) is 0 Å². The summed E-state index contributed by atoms with van der Waals surface area (Å²) in [5.74, 6) is 6.65. The number of hydrogen-bond acceptors (Lipinski definition) is 6. The van der Waals surface area contributed by atoms with Crippen molar-refractivity contribution in [2.24, 2.45) is 5.84 Å². The Labute approximate surface area is 103 Å². The van der Waals surface area contributed by atoms with Crippen LogP contribution in [0.3, 0.4) is 0 Å². The summed E-state index contributed by atoms with van der Waals surface area (Å²) >= 11 is 0. The van der Waals surface area contributed by atoms with Gasteiger partial charge in [-0.15, -0.1) is 0 Å². The smallest absolute Gasteiger partial charge is 0.239 e. The van der Waals surface area contributed by atoms with Gasteiger partial charge in [0.05, 0.1) is 0 Å². The van der Waals surface area contributed by atoms with E-state index in [0.717, 1.165) is 18.9 Å². The third kappa shape index (κ3) is 3.83. The fourth-order valence-electron chi connectivity index (χ4n) is 1.91. The molecule has 0 saturated carbocycles. The third-order valence-electron chi connectivity index (χ3n) is 2.57. The Morgan fingerprint density at radius 2 is 2.18 bits per heavy atom. The summed E-state index contributed by atoms with van der Waals surface area (Å²) in [6, 6.07) is 2.28. The molecule has 0 aromatic carbocycles. The minimum atomic E-state index is 0.385. The summed E-state index contributed by atoms with van der Waals surface area (Å²) in [5.41, 5.74) is 2.47. The highest BCUT2D eigenvalue weighted by molar-refractivity contribution is 5.42. The van der Waals surface area contributed by atoms with Gasteiger partial charge in [-0.2, -0.15) is 4.98 Å². The van der Waals surface area contributed by atoms with Crippen LogP contribution in [0.1, 0.15) is 13.8 Å². The lowest BCUT2D eigenvalue weighted by Crippen LogP contribution is -2.40. The molecule has 1 unspecified atom stereocenters. The van der Waals surface area contributed by atoms with Crippen LogP contribution >= 0.6 is 0 Å². The largest absolute Gasteiger partial charge is 0.353 e. The molecule has 0 aliphatic rings. The van der Waals surface area contributed by atoms with Crippen LogP contribution in [0.5, 0.6) is 0 Å². The first kappa shape index (κ1) is 13.7. The van der Waals surface area contributed by atoms with Gasteiger partial charge in [-0.25, -0.2) is 10.8 Å². The Bertz CT molecular complexity index is 340. The van der Waals surface area contributed by atoms with Crippen molar-refractivity contribution in [3.63, 3.8) is 0 Å². The van der Waals surface area contributed by atoms with Crippen LogP contribution in [0.2, 0.25) is 0 Å². The standard InChI is InChI=1S/C11H22N6/c1-5-17(9(2)8-16(3)4)10-6-7-13-11(14-10)15-12/h6-7,9H,5,8,12H2,1-4H3,(H,13,14,15). The monoisotopic (exact) mass is 238 g/mol. The molecule has 3 N–H and O–H groups in total. The number of likely N-dealkylation sites (N-methyl/N-ethyl adjacent to an activating group) is 2. The van der Waals surface area contributed by atoms with Crippen molar-refractivity contribution >= 4 is 11.8 Å². The Kier molecular flexibility index (Phi) is 5.11. The SMILES string of the molecule is CCN(c1ccnc(NN)n1)C(C)CN(C)C. The van der Waals surface area contributed by atoms with Crippen molar-refractivity contribution in [2.45, 2.75) is 19.9 Å². The Morgan fingerprint density at radius 3 is 2.71 bits per heavy atom. The third-order valence-corrected chi connectivity index (χ3v) is 2.57. The number of anilines is 2. The summed E-state index contributed by atoms with van der Waals surface area (Å²) < 4.78 is 0. The molecule has 0 amide bonds. The van der Waals surface area contributed by atoms with Gasteiger partial charge in [0.15, 0.2) is 0 Å². The molecule has 1 aromatic heterocycles. The van der Waals surface area contributed by atoms with Crippen molar-refractivity contribution in [2.75, 3.05) is 37.5 Å². The summed E-state index contributed by atoms with van der Waals surface area (Å²) in [5, 5.41) is 0. The molecule has 1 rings (SSSR count). The van der Waals surface area contributed by atoms with Crippen molar-refractivity contribution < 1.29 is 0 Å². The summed E-state index contributed by atoms with van der Waals surface area (Å²) in [6.07, 6.45) is 1.71. The maximum atomic E-state index is 5.32. The second-order valence-electron chi connectivity index (χ2n) is 4.28. The molecule has 0 spiro atoms. The van der Waals surface area contributed by atoms with E-state index in [1.807, 2.05) is 6.07 Å². The minimum absolute atomic E-state index is 0.385. The van der Waals surface area contributed by atoms with Gasteiger partial charge in [0.2, 0.25) is 5.95 Å². The van der Waals surface area contributed by atoms with E-state index >= 15 is 0 Å². The maximum Gasteiger partial charge on any atom is 0.239 e. The number of aromatic nitrogens is 2. The quantitative estimate of drug-likeness (QED) is 0.557. The Hall–Kier alpha value is -1.40. The normalized spacial score (nSPS) is 12.6. The summed E-state index contributed by atoms with van der Waals surface area (Å²) in [7, 11) is 4.13. The first-order valence-electron chi connectivity index (χ1n) is 5.79. The van der Waals surface area contributed by atoms with E-state index in [4.69, 9.17) is 5.84 Å². The number of nitrogens with one attached hydrogen (secondary N) is 1. The van der Waals surface area contributed by atoms with Crippen LogP contribution in [0.4, 0.5) is 11.8 Å². The molecule has 0 fully saturated rings. The average molecular weight is 238 g/mol. The Balaban J connectivity index is 2.84. The van der Waals surface area contributed by atoms with Gasteiger partial charge in [0, 0.05) is 25.3 Å². The van der Waals surface area contributed by atoms with Crippen LogP contribution in [0, 0.1) is 0 Å². The average Bonchev–Trinajstić information content (AvgIpc) is 2.29. The highest BCUT2D eigenvalue weighted by Gasteiger charge is 2.15. The van der Waals surface area contributed by atoms with Crippen LogP contribution in [-0.4, -0.2) is 48.1 Å². The number of hydrazine groups is 1. The van der Waals surface area contributed by atoms with E-state index in [2.05, 4.69) is 53.1 Å². The predicted molar refractivity (Wildman–Crippen MR) is 70.9 cm³/mol. The molecule has 0 saturated heterocycles. The zero-order chi connectivity index (χ0) is 12.8. The zero-order valence-corrected chi connectivity index (χ0v) is 11.0. The van der Waals surface area contributed by atoms with E-state index in [-0.39, 0.29) is 0 Å². The van der Waals surface area contributed by atoms with Crippen molar-refractivity contribution in [3.8, 4) is 0 Å². The van der Waals surface area contributed by atoms with Gasteiger partial charge in [-0.3, -0.25) is 5.43 Å². The molecule has 1 atom stereocenters. The number of nitrogens with zero attached hydrogens (tertiary/aromatic N) is 4. The van der Waals surface area contributed by atoms with Crippen molar-refractivity contribution in [3.05, 3.63) is 12.3 Å². The van der Waals surface area contributed by atoms with Gasteiger partial charge in [0.25, 0.3) is 0 Å². The van der Waals surface area contributed by atoms with Gasteiger partial charge < -0.3 is 9.80 Å². The summed E-state index contributed by atoms with van der Waals surface area (Å²) in [6.45, 7) is 6.17. The van der Waals surface area contributed by atoms with Crippen LogP contribution in [0.15, 0.2) is 12.3 Å². The van der Waals surface area contributed by atoms with Gasteiger partial charge >= 0.3 is 0 Å². The zero-order valence-electron chi connectivity index (χ0n) is 11.0. The highest BCUT2D eigenvalue weighted by Crippen LogP contribution is 2.14. The molecule has 6 nitrogen and oxygen atoms in total. The lowest BCUT2D eigenvalue weighted by molar-refractivity contribution is 0.372. The Morgan fingerprint density at radius 1 is 1.47 bits per heavy atom. The molecule has 0 aliphatic carbocycles. The lowest BCUT2D eigenvalue weighted by atomic mass is 10.2. The van der Waals surface area contributed by atoms with Crippen LogP contribution < -0.4 is 16.2 Å². The molecule has 0 aliphatic heterocycles. The van der Waals surface area contributed by atoms with E-state index in [9.17, 15) is 0 Å². The lowest BCUT2D eigenvalue weighted by Gasteiger charge is -2.31. The molecule has 1 aromatic rings. The van der Waals surface area contributed by atoms with Gasteiger partial charge in [-0.1, -0.05) is 0 Å². The molecule has 6 heteroatoms. The van der Waals surface area contributed by atoms with Crippen molar-refractivity contribution in [1.82, 2.24) is 14.9 Å². The fourth-order valence-corrected chi connectivity index (χ4v) is 1.91. The fraction of sp³-hybridized carbons (Fsp3) is 0.636. The molecular formula is C11H22N6.